The van der Waals surface area contributed by atoms with Crippen LogP contribution in [0.3, 0.4) is 0 Å². The maximum Gasteiger partial charge on any atom is 0.391 e. The van der Waals surface area contributed by atoms with Gasteiger partial charge >= 0.3 is 12.1 Å². The summed E-state index contributed by atoms with van der Waals surface area (Å²) in [4.78, 5) is 22.5. The minimum absolute atomic E-state index is 0.126. The molecule has 7 heteroatoms. The zero-order valence-electron chi connectivity index (χ0n) is 10.9. The highest BCUT2D eigenvalue weighted by Gasteiger charge is 2.36. The van der Waals surface area contributed by atoms with Crippen molar-refractivity contribution in [2.75, 3.05) is 0 Å². The SMILES string of the molecule is Cc1ccc(C(=O)NC(CC(F)(F)F)C(=O)O)cc1C. The van der Waals surface area contributed by atoms with Gasteiger partial charge in [-0.1, -0.05) is 6.07 Å². The zero-order chi connectivity index (χ0) is 15.5. The molecule has 1 unspecified atom stereocenters. The molecular formula is C13H14F3NO3. The Morgan fingerprint density at radius 3 is 2.30 bits per heavy atom. The van der Waals surface area contributed by atoms with Gasteiger partial charge in [0.25, 0.3) is 5.91 Å². The van der Waals surface area contributed by atoms with E-state index in [1.807, 2.05) is 12.2 Å². The van der Waals surface area contributed by atoms with Crippen molar-refractivity contribution in [1.29, 1.82) is 0 Å². The Morgan fingerprint density at radius 2 is 1.85 bits per heavy atom. The lowest BCUT2D eigenvalue weighted by Gasteiger charge is -2.16. The molecule has 0 heterocycles. The van der Waals surface area contributed by atoms with Crippen LogP contribution in [0.1, 0.15) is 27.9 Å². The highest BCUT2D eigenvalue weighted by atomic mass is 19.4. The lowest BCUT2D eigenvalue weighted by molar-refractivity contribution is -0.157. The van der Waals surface area contributed by atoms with E-state index >= 15 is 0 Å². The average Bonchev–Trinajstić information content (AvgIpc) is 2.29. The molecule has 1 rings (SSSR count). The van der Waals surface area contributed by atoms with Crippen LogP contribution < -0.4 is 5.32 Å². The second kappa shape index (κ2) is 5.94. The number of amides is 1. The summed E-state index contributed by atoms with van der Waals surface area (Å²) >= 11 is 0. The third-order valence-corrected chi connectivity index (χ3v) is 2.81. The largest absolute Gasteiger partial charge is 0.480 e. The fraction of sp³-hybridized carbons (Fsp3) is 0.385. The summed E-state index contributed by atoms with van der Waals surface area (Å²) < 4.78 is 36.7. The van der Waals surface area contributed by atoms with Crippen molar-refractivity contribution in [2.45, 2.75) is 32.5 Å². The van der Waals surface area contributed by atoms with Crippen LogP contribution in [0.15, 0.2) is 18.2 Å². The van der Waals surface area contributed by atoms with E-state index in [1.54, 1.807) is 13.0 Å². The van der Waals surface area contributed by atoms with Crippen molar-refractivity contribution >= 4 is 11.9 Å². The molecule has 0 fully saturated rings. The van der Waals surface area contributed by atoms with Gasteiger partial charge in [0.1, 0.15) is 6.04 Å². The molecule has 1 atom stereocenters. The maximum atomic E-state index is 12.2. The molecular weight excluding hydrogens is 275 g/mol. The van der Waals surface area contributed by atoms with Gasteiger partial charge in [-0.25, -0.2) is 4.79 Å². The molecule has 110 valence electrons. The fourth-order valence-corrected chi connectivity index (χ4v) is 1.56. The first-order valence-electron chi connectivity index (χ1n) is 5.78. The third-order valence-electron chi connectivity index (χ3n) is 2.81. The second-order valence-electron chi connectivity index (χ2n) is 4.48. The van der Waals surface area contributed by atoms with Gasteiger partial charge in [-0.15, -0.1) is 0 Å². The molecule has 0 aromatic heterocycles. The average molecular weight is 289 g/mol. The summed E-state index contributed by atoms with van der Waals surface area (Å²) in [5.74, 6) is -2.57. The molecule has 4 nitrogen and oxygen atoms in total. The smallest absolute Gasteiger partial charge is 0.391 e. The van der Waals surface area contributed by atoms with Gasteiger partial charge in [0.15, 0.2) is 0 Å². The van der Waals surface area contributed by atoms with Crippen LogP contribution >= 0.6 is 0 Å². The van der Waals surface area contributed by atoms with Gasteiger partial charge in [0.2, 0.25) is 0 Å². The van der Waals surface area contributed by atoms with Crippen LogP contribution in [0.25, 0.3) is 0 Å². The normalized spacial score (nSPS) is 12.8. The molecule has 0 bridgehead atoms. The summed E-state index contributed by atoms with van der Waals surface area (Å²) in [6.07, 6.45) is -6.28. The number of aryl methyl sites for hydroxylation is 2. The van der Waals surface area contributed by atoms with E-state index < -0.39 is 30.5 Å². The number of carboxylic acid groups (broad SMARTS) is 1. The van der Waals surface area contributed by atoms with Crippen LogP contribution in [0.4, 0.5) is 13.2 Å². The molecule has 0 spiro atoms. The predicted molar refractivity (Wildman–Crippen MR) is 65.5 cm³/mol. The van der Waals surface area contributed by atoms with Gasteiger partial charge in [0, 0.05) is 5.56 Å². The van der Waals surface area contributed by atoms with Crippen molar-refractivity contribution in [2.24, 2.45) is 0 Å². The molecule has 0 saturated carbocycles. The quantitative estimate of drug-likeness (QED) is 0.894. The van der Waals surface area contributed by atoms with E-state index in [0.717, 1.165) is 11.1 Å². The van der Waals surface area contributed by atoms with E-state index in [4.69, 9.17) is 5.11 Å². The second-order valence-corrected chi connectivity index (χ2v) is 4.48. The van der Waals surface area contributed by atoms with Gasteiger partial charge in [0.05, 0.1) is 6.42 Å². The zero-order valence-corrected chi connectivity index (χ0v) is 10.9. The molecule has 1 aromatic carbocycles. The number of carbonyl (C=O) groups is 2. The Bertz CT molecular complexity index is 526. The van der Waals surface area contributed by atoms with E-state index in [0.29, 0.717) is 0 Å². The van der Waals surface area contributed by atoms with Gasteiger partial charge in [-0.3, -0.25) is 4.79 Å². The van der Waals surface area contributed by atoms with Crippen molar-refractivity contribution in [1.82, 2.24) is 5.32 Å². The molecule has 0 aliphatic rings. The van der Waals surface area contributed by atoms with Crippen molar-refractivity contribution in [3.05, 3.63) is 34.9 Å². The summed E-state index contributed by atoms with van der Waals surface area (Å²) in [6.45, 7) is 3.57. The van der Waals surface area contributed by atoms with E-state index in [1.165, 1.54) is 12.1 Å². The number of hydrogen-bond donors (Lipinski definition) is 2. The number of carboxylic acids is 1. The molecule has 0 aliphatic heterocycles. The Balaban J connectivity index is 2.85. The van der Waals surface area contributed by atoms with Crippen LogP contribution in [-0.4, -0.2) is 29.2 Å². The summed E-state index contributed by atoms with van der Waals surface area (Å²) in [7, 11) is 0. The highest BCUT2D eigenvalue weighted by molar-refractivity contribution is 5.96. The highest BCUT2D eigenvalue weighted by Crippen LogP contribution is 2.22. The molecule has 0 aliphatic carbocycles. The number of halogens is 3. The first kappa shape index (κ1) is 16.0. The topological polar surface area (TPSA) is 66.4 Å². The van der Waals surface area contributed by atoms with Crippen molar-refractivity contribution in [3.63, 3.8) is 0 Å². The number of nitrogens with one attached hydrogen (secondary N) is 1. The monoisotopic (exact) mass is 289 g/mol. The summed E-state index contributed by atoms with van der Waals surface area (Å²) in [5, 5.41) is 10.6. The number of benzene rings is 1. The minimum atomic E-state index is -4.67. The fourth-order valence-electron chi connectivity index (χ4n) is 1.56. The van der Waals surface area contributed by atoms with Gasteiger partial charge in [-0.2, -0.15) is 13.2 Å². The molecule has 0 radical (unpaired) electrons. The van der Waals surface area contributed by atoms with Crippen molar-refractivity contribution in [3.8, 4) is 0 Å². The molecule has 1 aromatic rings. The Morgan fingerprint density at radius 1 is 1.25 bits per heavy atom. The molecule has 20 heavy (non-hydrogen) atoms. The van der Waals surface area contributed by atoms with Crippen LogP contribution in [0, 0.1) is 13.8 Å². The van der Waals surface area contributed by atoms with Gasteiger partial charge in [-0.05, 0) is 37.1 Å². The predicted octanol–water partition coefficient (Wildman–Crippen LogP) is 2.44. The summed E-state index contributed by atoms with van der Waals surface area (Å²) in [6, 6.07) is 2.58. The summed E-state index contributed by atoms with van der Waals surface area (Å²) in [5.41, 5.74) is 1.84. The maximum absolute atomic E-state index is 12.2. The number of rotatable bonds is 4. The van der Waals surface area contributed by atoms with Crippen LogP contribution in [-0.2, 0) is 4.79 Å². The lowest BCUT2D eigenvalue weighted by Crippen LogP contribution is -2.43. The molecule has 1 amide bonds. The molecule has 2 N–H and O–H groups in total. The lowest BCUT2D eigenvalue weighted by atomic mass is 10.1. The Kier molecular flexibility index (Phi) is 4.75. The Labute approximate surface area is 113 Å². The first-order valence-corrected chi connectivity index (χ1v) is 5.78. The van der Waals surface area contributed by atoms with E-state index in [2.05, 4.69) is 0 Å². The standard InChI is InChI=1S/C13H14F3NO3/c1-7-3-4-9(5-8(7)2)11(18)17-10(12(19)20)6-13(14,15)16/h3-5,10H,6H2,1-2H3,(H,17,18)(H,19,20). The van der Waals surface area contributed by atoms with Crippen LogP contribution in [0.2, 0.25) is 0 Å². The van der Waals surface area contributed by atoms with E-state index in [9.17, 15) is 22.8 Å². The number of aliphatic carboxylic acids is 1. The van der Waals surface area contributed by atoms with Crippen molar-refractivity contribution < 1.29 is 27.9 Å². The van der Waals surface area contributed by atoms with Gasteiger partial charge < -0.3 is 10.4 Å². The van der Waals surface area contributed by atoms with E-state index in [-0.39, 0.29) is 5.56 Å². The first-order chi connectivity index (χ1) is 9.10. The van der Waals surface area contributed by atoms with Crippen LogP contribution in [0.5, 0.6) is 0 Å². The third kappa shape index (κ3) is 4.56. The number of carbonyl (C=O) groups excluding carboxylic acids is 1. The minimum Gasteiger partial charge on any atom is -0.480 e. The Hall–Kier alpha value is -2.05. The number of hydrogen-bond acceptors (Lipinski definition) is 2. The number of alkyl halides is 3. The molecule has 0 saturated heterocycles.